The van der Waals surface area contributed by atoms with Gasteiger partial charge < -0.3 is 10.1 Å². The number of carbonyl (C=O) groups is 1. The molecule has 6 aromatic heterocycles. The maximum Gasteiger partial charge on any atom is 0.407 e. The highest BCUT2D eigenvalue weighted by atomic mass is 16.6. The molecule has 0 aromatic carbocycles. The molecular weight excluding hydrogens is 671 g/mol. The number of nitrogens with one attached hydrogen (secondary N) is 1. The molecule has 6 rings (SSSR count). The van der Waals surface area contributed by atoms with Crippen molar-refractivity contribution in [3.63, 3.8) is 0 Å². The van der Waals surface area contributed by atoms with Crippen LogP contribution in [0.2, 0.25) is 0 Å². The first-order chi connectivity index (χ1) is 25.7. The Bertz CT molecular complexity index is 1880. The minimum atomic E-state index is -0.637. The fourth-order valence-corrected chi connectivity index (χ4v) is 5.71. The van der Waals surface area contributed by atoms with Crippen molar-refractivity contribution < 1.29 is 9.53 Å². The van der Waals surface area contributed by atoms with Crippen molar-refractivity contribution in [2.45, 2.75) is 78.2 Å². The maximum absolute atomic E-state index is 12.7. The van der Waals surface area contributed by atoms with Crippen molar-refractivity contribution in [3.05, 3.63) is 144 Å². The lowest BCUT2D eigenvalue weighted by atomic mass is 10.2. The molecule has 0 spiro atoms. The summed E-state index contributed by atoms with van der Waals surface area (Å²) in [5, 5.41) is 20.9. The molecule has 0 radical (unpaired) electrons. The van der Waals surface area contributed by atoms with E-state index in [2.05, 4.69) is 55.7 Å². The Labute approximate surface area is 309 Å². The van der Waals surface area contributed by atoms with Gasteiger partial charge in [0.25, 0.3) is 0 Å². The first kappa shape index (κ1) is 36.8. The Morgan fingerprint density at radius 2 is 1.08 bits per heavy atom. The van der Waals surface area contributed by atoms with E-state index >= 15 is 0 Å². The minimum absolute atomic E-state index is 0.226. The summed E-state index contributed by atoms with van der Waals surface area (Å²) < 4.78 is 9.06. The first-order valence-corrected chi connectivity index (χ1v) is 17.5. The van der Waals surface area contributed by atoms with Gasteiger partial charge in [0.2, 0.25) is 0 Å². The summed E-state index contributed by atoms with van der Waals surface area (Å²) in [6.45, 7) is 9.58. The SMILES string of the molecule is CC(C)(C)OC(=O)NCC(Cn1cc(CN(Cc2ccccn2)Cc2ccccn2)nn1)n1cc(CN(Cc2ccccn2)Cc2ccccn2)nn1. The predicted octanol–water partition coefficient (Wildman–Crippen LogP) is 4.62. The third kappa shape index (κ3) is 12.1. The maximum atomic E-state index is 12.7. The number of aromatic nitrogens is 10. The average Bonchev–Trinajstić information content (AvgIpc) is 3.80. The van der Waals surface area contributed by atoms with Crippen LogP contribution < -0.4 is 5.32 Å². The molecule has 0 bridgehead atoms. The van der Waals surface area contributed by atoms with Crippen molar-refractivity contribution >= 4 is 6.09 Å². The Hall–Kier alpha value is -5.93. The Kier molecular flexibility index (Phi) is 12.5. The van der Waals surface area contributed by atoms with Gasteiger partial charge in [-0.05, 0) is 69.3 Å². The molecule has 0 saturated heterocycles. The zero-order valence-corrected chi connectivity index (χ0v) is 30.3. The molecule has 274 valence electrons. The standard InChI is InChI=1S/C38H45N13O2/c1-38(2,3)53-37(52)43-20-36(51-28-35(45-47-51)26-49(23-32-14-6-10-18-41-32)24-33-15-7-11-19-42-33)29-50-27-34(44-46-50)25-48(21-30-12-4-8-16-39-30)22-31-13-5-9-17-40-31/h4-19,27-28,36H,20-26,29H2,1-3H3,(H,43,52). The fraction of sp³-hybridized carbons (Fsp3) is 0.342. The molecule has 15 nitrogen and oxygen atoms in total. The second-order valence-electron chi connectivity index (χ2n) is 13.7. The molecule has 0 aliphatic heterocycles. The third-order valence-electron chi connectivity index (χ3n) is 8.01. The summed E-state index contributed by atoms with van der Waals surface area (Å²) in [6, 6.07) is 23.2. The van der Waals surface area contributed by atoms with Crippen LogP contribution in [0.1, 0.15) is 61.0 Å². The van der Waals surface area contributed by atoms with Gasteiger partial charge in [0.1, 0.15) is 5.60 Å². The quantitative estimate of drug-likeness (QED) is 0.140. The van der Waals surface area contributed by atoms with Crippen LogP contribution in [-0.2, 0) is 50.6 Å². The van der Waals surface area contributed by atoms with Crippen molar-refractivity contribution in [1.29, 1.82) is 0 Å². The Morgan fingerprint density at radius 3 is 1.51 bits per heavy atom. The molecule has 6 heterocycles. The van der Waals surface area contributed by atoms with E-state index in [0.29, 0.717) is 45.8 Å². The van der Waals surface area contributed by atoms with E-state index in [1.165, 1.54) is 0 Å². The van der Waals surface area contributed by atoms with Crippen molar-refractivity contribution in [2.75, 3.05) is 6.54 Å². The molecule has 1 N–H and O–H groups in total. The van der Waals surface area contributed by atoms with Crippen LogP contribution in [0.15, 0.2) is 110 Å². The van der Waals surface area contributed by atoms with Crippen LogP contribution in [0.5, 0.6) is 0 Å². The van der Waals surface area contributed by atoms with E-state index in [-0.39, 0.29) is 12.6 Å². The van der Waals surface area contributed by atoms with Crippen molar-refractivity contribution in [2.24, 2.45) is 0 Å². The number of ether oxygens (including phenoxy) is 1. The fourth-order valence-electron chi connectivity index (χ4n) is 5.71. The van der Waals surface area contributed by atoms with Gasteiger partial charge in [-0.2, -0.15) is 0 Å². The molecule has 53 heavy (non-hydrogen) atoms. The molecule has 0 fully saturated rings. The summed E-state index contributed by atoms with van der Waals surface area (Å²) in [7, 11) is 0. The highest BCUT2D eigenvalue weighted by molar-refractivity contribution is 5.67. The highest BCUT2D eigenvalue weighted by Gasteiger charge is 2.22. The van der Waals surface area contributed by atoms with Crippen LogP contribution in [0.3, 0.4) is 0 Å². The Balaban J connectivity index is 1.18. The summed E-state index contributed by atoms with van der Waals surface area (Å²) in [4.78, 5) is 35.3. The minimum Gasteiger partial charge on any atom is -0.444 e. The lowest BCUT2D eigenvalue weighted by Crippen LogP contribution is -2.37. The van der Waals surface area contributed by atoms with E-state index in [1.807, 2.05) is 106 Å². The summed E-state index contributed by atoms with van der Waals surface area (Å²) in [5.41, 5.74) is 4.69. The van der Waals surface area contributed by atoms with E-state index in [1.54, 1.807) is 34.2 Å². The van der Waals surface area contributed by atoms with E-state index in [0.717, 1.165) is 34.2 Å². The molecule has 0 saturated carbocycles. The lowest BCUT2D eigenvalue weighted by Gasteiger charge is -2.22. The number of hydrogen-bond acceptors (Lipinski definition) is 12. The van der Waals surface area contributed by atoms with E-state index in [9.17, 15) is 4.79 Å². The first-order valence-electron chi connectivity index (χ1n) is 17.5. The van der Waals surface area contributed by atoms with Crippen molar-refractivity contribution in [3.8, 4) is 0 Å². The van der Waals surface area contributed by atoms with Crippen LogP contribution in [0, 0.1) is 0 Å². The molecule has 0 aliphatic rings. The van der Waals surface area contributed by atoms with Gasteiger partial charge >= 0.3 is 6.09 Å². The summed E-state index contributed by atoms with van der Waals surface area (Å²) in [6.07, 6.45) is 10.5. The van der Waals surface area contributed by atoms with Gasteiger partial charge in [-0.1, -0.05) is 34.7 Å². The van der Waals surface area contributed by atoms with Crippen LogP contribution in [-0.4, -0.2) is 78.0 Å². The van der Waals surface area contributed by atoms with Crippen LogP contribution in [0.25, 0.3) is 0 Å². The smallest absolute Gasteiger partial charge is 0.407 e. The average molecular weight is 716 g/mol. The molecule has 1 unspecified atom stereocenters. The van der Waals surface area contributed by atoms with Gasteiger partial charge in [0.05, 0.1) is 52.9 Å². The summed E-state index contributed by atoms with van der Waals surface area (Å²) in [5.74, 6) is 0. The van der Waals surface area contributed by atoms with Gasteiger partial charge in [0, 0.05) is 76.8 Å². The second-order valence-corrected chi connectivity index (χ2v) is 13.7. The van der Waals surface area contributed by atoms with E-state index < -0.39 is 11.7 Å². The topological polar surface area (TPSA) is 158 Å². The van der Waals surface area contributed by atoms with E-state index in [4.69, 9.17) is 4.74 Å². The molecule has 15 heteroatoms. The number of hydrogen-bond donors (Lipinski definition) is 1. The normalized spacial score (nSPS) is 12.2. The lowest BCUT2D eigenvalue weighted by molar-refractivity contribution is 0.0517. The van der Waals surface area contributed by atoms with Crippen LogP contribution in [0.4, 0.5) is 4.79 Å². The number of alkyl carbamates (subject to hydrolysis) is 1. The molecule has 0 aliphatic carbocycles. The third-order valence-corrected chi connectivity index (χ3v) is 8.01. The van der Waals surface area contributed by atoms with Gasteiger partial charge in [-0.15, -0.1) is 10.2 Å². The monoisotopic (exact) mass is 715 g/mol. The van der Waals surface area contributed by atoms with Gasteiger partial charge in [-0.25, -0.2) is 9.48 Å². The van der Waals surface area contributed by atoms with Gasteiger partial charge in [-0.3, -0.25) is 34.4 Å². The zero-order valence-electron chi connectivity index (χ0n) is 30.3. The molecule has 1 amide bonds. The summed E-state index contributed by atoms with van der Waals surface area (Å²) >= 11 is 0. The number of carbonyl (C=O) groups excluding carboxylic acids is 1. The molecule has 6 aromatic rings. The van der Waals surface area contributed by atoms with Crippen LogP contribution >= 0.6 is 0 Å². The predicted molar refractivity (Wildman–Crippen MR) is 196 cm³/mol. The molecular formula is C38H45N13O2. The second kappa shape index (κ2) is 18.0. The zero-order chi connectivity index (χ0) is 36.9. The largest absolute Gasteiger partial charge is 0.444 e. The Morgan fingerprint density at radius 1 is 0.642 bits per heavy atom. The molecule has 1 atom stereocenters. The number of rotatable bonds is 17. The number of amides is 1. The van der Waals surface area contributed by atoms with Crippen molar-refractivity contribution in [1.82, 2.24) is 65.0 Å². The number of pyridine rings is 4. The number of nitrogens with zero attached hydrogens (tertiary/aromatic N) is 12. The van der Waals surface area contributed by atoms with Gasteiger partial charge in [0.15, 0.2) is 0 Å². The highest BCUT2D eigenvalue weighted by Crippen LogP contribution is 2.16.